The Balaban J connectivity index is 1.04. The Bertz CT molecular complexity index is 2440. The molecule has 1 aliphatic heterocycles. The Morgan fingerprint density at radius 1 is 0.810 bits per heavy atom. The van der Waals surface area contributed by atoms with Gasteiger partial charge in [-0.15, -0.1) is 0 Å². The van der Waals surface area contributed by atoms with Crippen molar-refractivity contribution in [3.8, 4) is 5.88 Å². The zero-order valence-electron chi connectivity index (χ0n) is 33.3. The molecule has 0 aliphatic carbocycles. The molecule has 1 fully saturated rings. The molecule has 1 unspecified atom stereocenters. The number of pyridine rings is 2. The van der Waals surface area contributed by atoms with Gasteiger partial charge in [0.25, 0.3) is 5.91 Å². The first-order valence-electron chi connectivity index (χ1n) is 19.4. The summed E-state index contributed by atoms with van der Waals surface area (Å²) >= 11 is 0. The molecule has 0 spiro atoms. The number of nitrogens with zero attached hydrogens (tertiary/aromatic N) is 4. The lowest BCUT2D eigenvalue weighted by Gasteiger charge is -2.36. The maximum absolute atomic E-state index is 13.8. The van der Waals surface area contributed by atoms with Crippen molar-refractivity contribution >= 4 is 68.1 Å². The summed E-state index contributed by atoms with van der Waals surface area (Å²) < 4.78 is 5.53. The second-order valence-electron chi connectivity index (χ2n) is 14.6. The Morgan fingerprint density at radius 3 is 2.07 bits per heavy atom. The molecule has 13 nitrogen and oxygen atoms in total. The number of nitrogens with one attached hydrogen (secondary N) is 4. The van der Waals surface area contributed by atoms with Gasteiger partial charge in [0.2, 0.25) is 11.8 Å². The summed E-state index contributed by atoms with van der Waals surface area (Å²) in [5, 5.41) is 24.1. The van der Waals surface area contributed by atoms with E-state index in [1.54, 1.807) is 30.0 Å². The zero-order chi connectivity index (χ0) is 40.9. The van der Waals surface area contributed by atoms with Gasteiger partial charge >= 0.3 is 6.03 Å². The third-order valence-electron chi connectivity index (χ3n) is 10.3. The van der Waals surface area contributed by atoms with Crippen LogP contribution in [0.5, 0.6) is 5.88 Å². The topological polar surface area (TPSA) is 161 Å². The van der Waals surface area contributed by atoms with Crippen molar-refractivity contribution in [2.45, 2.75) is 46.8 Å². The van der Waals surface area contributed by atoms with E-state index in [-0.39, 0.29) is 29.8 Å². The number of hydrogen-bond donors (Lipinski definition) is 5. The van der Waals surface area contributed by atoms with E-state index in [0.29, 0.717) is 55.2 Å². The number of aliphatic hydroxyl groups is 1. The largest absolute Gasteiger partial charge is 0.480 e. The molecular formula is C45H48N8O5. The van der Waals surface area contributed by atoms with E-state index in [9.17, 15) is 19.5 Å². The van der Waals surface area contributed by atoms with Gasteiger partial charge in [-0.05, 0) is 92.4 Å². The number of amides is 4. The lowest BCUT2D eigenvalue weighted by molar-refractivity contribution is -0.117. The molecule has 4 amide bonds. The summed E-state index contributed by atoms with van der Waals surface area (Å²) in [6, 6.07) is 27.7. The van der Waals surface area contributed by atoms with Crippen LogP contribution in [0, 0.1) is 13.8 Å². The number of fused-ring (bicyclic) bond motifs is 2. The minimum Gasteiger partial charge on any atom is -0.480 e. The van der Waals surface area contributed by atoms with Gasteiger partial charge in [-0.1, -0.05) is 49.4 Å². The highest BCUT2D eigenvalue weighted by Crippen LogP contribution is 2.34. The molecule has 58 heavy (non-hydrogen) atoms. The van der Waals surface area contributed by atoms with Crippen molar-refractivity contribution in [2.24, 2.45) is 0 Å². The van der Waals surface area contributed by atoms with Crippen LogP contribution in [0.4, 0.5) is 33.2 Å². The Kier molecular flexibility index (Phi) is 11.7. The number of piperazine rings is 1. The molecule has 0 radical (unpaired) electrons. The third-order valence-corrected chi connectivity index (χ3v) is 10.3. The molecule has 2 aromatic heterocycles. The van der Waals surface area contributed by atoms with Crippen LogP contribution in [0.2, 0.25) is 0 Å². The highest BCUT2D eigenvalue weighted by Gasteiger charge is 2.26. The monoisotopic (exact) mass is 780 g/mol. The van der Waals surface area contributed by atoms with Crippen LogP contribution in [0.3, 0.4) is 0 Å². The molecule has 0 bridgehead atoms. The molecule has 1 atom stereocenters. The van der Waals surface area contributed by atoms with E-state index in [4.69, 9.17) is 9.72 Å². The van der Waals surface area contributed by atoms with Crippen molar-refractivity contribution in [1.29, 1.82) is 0 Å². The number of hydrogen-bond acceptors (Lipinski definition) is 9. The van der Waals surface area contributed by atoms with E-state index < -0.39 is 17.9 Å². The molecule has 13 heteroatoms. The van der Waals surface area contributed by atoms with Crippen LogP contribution in [0.15, 0.2) is 91.0 Å². The first-order chi connectivity index (χ1) is 28.0. The molecule has 4 aromatic carbocycles. The predicted molar refractivity (Wildman–Crippen MR) is 229 cm³/mol. The van der Waals surface area contributed by atoms with Crippen LogP contribution < -0.4 is 30.9 Å². The number of ether oxygens (including phenoxy) is 1. The van der Waals surface area contributed by atoms with Gasteiger partial charge in [-0.25, -0.2) is 14.8 Å². The number of anilines is 5. The normalized spacial score (nSPS) is 13.3. The minimum absolute atomic E-state index is 0.183. The third kappa shape index (κ3) is 8.64. The van der Waals surface area contributed by atoms with E-state index in [0.717, 1.165) is 33.2 Å². The highest BCUT2D eigenvalue weighted by atomic mass is 16.5. The lowest BCUT2D eigenvalue weighted by atomic mass is 10.1. The van der Waals surface area contributed by atoms with Crippen molar-refractivity contribution < 1.29 is 24.2 Å². The van der Waals surface area contributed by atoms with Crippen LogP contribution >= 0.6 is 0 Å². The Morgan fingerprint density at radius 2 is 1.45 bits per heavy atom. The molecule has 3 heterocycles. The van der Waals surface area contributed by atoms with E-state index in [2.05, 4.69) is 63.2 Å². The average molecular weight is 781 g/mol. The molecule has 5 N–H and O–H groups in total. The first-order valence-corrected chi connectivity index (χ1v) is 19.4. The SMILES string of the molecule is CCc1nc(OC)c(NC(=O)N2CCN(c3cc(C)cc(C)c3)CC2)cc1C(=O)NC(C)C(=O)Nc1cc(CO)cc(Nc2c3ccccc3nc3ccccc23)c1. The van der Waals surface area contributed by atoms with Gasteiger partial charge in [0.1, 0.15) is 11.7 Å². The molecule has 0 saturated carbocycles. The van der Waals surface area contributed by atoms with Crippen molar-refractivity contribution in [1.82, 2.24) is 20.2 Å². The van der Waals surface area contributed by atoms with E-state index in [1.807, 2.05) is 61.5 Å². The second kappa shape index (κ2) is 17.2. The van der Waals surface area contributed by atoms with Crippen molar-refractivity contribution in [3.63, 3.8) is 0 Å². The maximum atomic E-state index is 13.8. The fraction of sp³-hybridized carbons (Fsp3) is 0.267. The number of para-hydroxylation sites is 2. The van der Waals surface area contributed by atoms with E-state index in [1.165, 1.54) is 18.2 Å². The molecule has 1 aliphatic rings. The van der Waals surface area contributed by atoms with Gasteiger partial charge in [0.15, 0.2) is 0 Å². The molecule has 298 valence electrons. The summed E-state index contributed by atoms with van der Waals surface area (Å²) in [4.78, 5) is 54.2. The fourth-order valence-electron chi connectivity index (χ4n) is 7.38. The quantitative estimate of drug-likeness (QED) is 0.0849. The summed E-state index contributed by atoms with van der Waals surface area (Å²) in [6.45, 7) is 9.72. The maximum Gasteiger partial charge on any atom is 0.322 e. The predicted octanol–water partition coefficient (Wildman–Crippen LogP) is 7.32. The number of urea groups is 1. The Hall–Kier alpha value is -6.73. The fourth-order valence-corrected chi connectivity index (χ4v) is 7.38. The standard InChI is InChI=1S/C45H48N8O5/c1-6-37-36(25-40(44(50-37)58-5)51-45(57)53-17-15-52(16-18-53)33-20-27(2)19-28(3)21-33)43(56)46-29(4)42(55)48-32-23-30(26-54)22-31(24-32)47-41-34-11-7-9-13-38(34)49-39-14-10-8-12-35(39)41/h7-14,19-25,29,54H,6,15-18,26H2,1-5H3,(H,46,56)(H,47,49)(H,48,55)(H,51,57). The van der Waals surface area contributed by atoms with Crippen LogP contribution in [0.25, 0.3) is 21.8 Å². The molecule has 6 aromatic rings. The van der Waals surface area contributed by atoms with Gasteiger partial charge in [0, 0.05) is 54.0 Å². The van der Waals surface area contributed by atoms with Crippen molar-refractivity contribution in [2.75, 3.05) is 54.1 Å². The summed E-state index contributed by atoms with van der Waals surface area (Å²) in [7, 11) is 1.46. The number of aryl methyl sites for hydroxylation is 3. The summed E-state index contributed by atoms with van der Waals surface area (Å²) in [5.41, 5.74) is 8.60. The number of rotatable bonds is 11. The van der Waals surface area contributed by atoms with Crippen LogP contribution in [-0.4, -0.2) is 77.2 Å². The molecule has 7 rings (SSSR count). The Labute approximate surface area is 337 Å². The van der Waals surface area contributed by atoms with Crippen LogP contribution in [-0.2, 0) is 17.8 Å². The van der Waals surface area contributed by atoms with Gasteiger partial charge in [-0.2, -0.15) is 0 Å². The van der Waals surface area contributed by atoms with E-state index >= 15 is 0 Å². The summed E-state index contributed by atoms with van der Waals surface area (Å²) in [5.74, 6) is -0.820. The highest BCUT2D eigenvalue weighted by molar-refractivity contribution is 6.09. The zero-order valence-corrected chi connectivity index (χ0v) is 33.3. The average Bonchev–Trinajstić information content (AvgIpc) is 3.22. The second-order valence-corrected chi connectivity index (χ2v) is 14.6. The molecular weight excluding hydrogens is 733 g/mol. The number of carbonyl (C=O) groups excluding carboxylic acids is 3. The van der Waals surface area contributed by atoms with Gasteiger partial charge in [-0.3, -0.25) is 9.59 Å². The smallest absolute Gasteiger partial charge is 0.322 e. The minimum atomic E-state index is -0.965. The lowest BCUT2D eigenvalue weighted by Crippen LogP contribution is -2.50. The number of benzene rings is 4. The number of aliphatic hydroxyl groups excluding tert-OH is 1. The number of aromatic nitrogens is 2. The van der Waals surface area contributed by atoms with Gasteiger partial charge < -0.3 is 40.9 Å². The van der Waals surface area contributed by atoms with Crippen molar-refractivity contribution in [3.05, 3.63) is 119 Å². The first kappa shape index (κ1) is 39.5. The number of methoxy groups -OCH3 is 1. The van der Waals surface area contributed by atoms with Crippen LogP contribution in [0.1, 0.15) is 46.6 Å². The van der Waals surface area contributed by atoms with Gasteiger partial charge in [0.05, 0.1) is 41.7 Å². The molecule has 1 saturated heterocycles. The number of carbonyl (C=O) groups is 3. The summed E-state index contributed by atoms with van der Waals surface area (Å²) in [6.07, 6.45) is 0.403.